The standard InChI is InChI=1S/C17H15N3O3/c1-10-17(14-6-7-18-9-16(14)22-10)19-12-3-4-13-11(8-12)2-5-15(13)20-23-21/h3-4,6-9,19,21H,2,5H2,1H3/b20-15-. The number of hydrogen-bond acceptors (Lipinski definition) is 6. The lowest BCUT2D eigenvalue weighted by atomic mass is 10.1. The zero-order valence-corrected chi connectivity index (χ0v) is 12.5. The number of hydrogen-bond donors (Lipinski definition) is 2. The van der Waals surface area contributed by atoms with Crippen LogP contribution in [0.2, 0.25) is 0 Å². The van der Waals surface area contributed by atoms with E-state index in [2.05, 4.69) is 26.5 Å². The molecule has 3 aromatic rings. The molecule has 1 aliphatic carbocycles. The van der Waals surface area contributed by atoms with Gasteiger partial charge in [-0.2, -0.15) is 5.26 Å². The normalized spacial score (nSPS) is 15.1. The van der Waals surface area contributed by atoms with E-state index in [1.807, 2.05) is 25.1 Å². The second-order valence-corrected chi connectivity index (χ2v) is 5.52. The summed E-state index contributed by atoms with van der Waals surface area (Å²) in [5.41, 5.74) is 5.67. The molecule has 23 heavy (non-hydrogen) atoms. The maximum Gasteiger partial charge on any atom is 0.154 e. The Morgan fingerprint density at radius 3 is 3.09 bits per heavy atom. The third kappa shape index (κ3) is 2.33. The maximum atomic E-state index is 8.49. The zero-order chi connectivity index (χ0) is 15.8. The van der Waals surface area contributed by atoms with Gasteiger partial charge in [0.25, 0.3) is 0 Å². The van der Waals surface area contributed by atoms with Crippen molar-refractivity contribution in [3.63, 3.8) is 0 Å². The molecule has 6 heteroatoms. The van der Waals surface area contributed by atoms with E-state index in [-0.39, 0.29) is 0 Å². The summed E-state index contributed by atoms with van der Waals surface area (Å²) in [4.78, 5) is 8.00. The molecule has 0 atom stereocenters. The molecule has 2 heterocycles. The van der Waals surface area contributed by atoms with Gasteiger partial charge in [0, 0.05) is 22.8 Å². The van der Waals surface area contributed by atoms with Crippen LogP contribution in [0.3, 0.4) is 0 Å². The fraction of sp³-hybridized carbons (Fsp3) is 0.176. The van der Waals surface area contributed by atoms with Gasteiger partial charge in [-0.1, -0.05) is 6.07 Å². The minimum absolute atomic E-state index is 0.763. The molecule has 1 aromatic carbocycles. The van der Waals surface area contributed by atoms with E-state index in [0.29, 0.717) is 0 Å². The summed E-state index contributed by atoms with van der Waals surface area (Å²) in [6.07, 6.45) is 5.11. The maximum absolute atomic E-state index is 8.49. The Morgan fingerprint density at radius 1 is 1.30 bits per heavy atom. The fourth-order valence-electron chi connectivity index (χ4n) is 3.06. The highest BCUT2D eigenvalue weighted by molar-refractivity contribution is 6.04. The topological polar surface area (TPSA) is 79.9 Å². The molecule has 4 rings (SSSR count). The van der Waals surface area contributed by atoms with Crippen LogP contribution in [0, 0.1) is 6.92 Å². The first-order valence-corrected chi connectivity index (χ1v) is 7.37. The molecule has 0 saturated heterocycles. The average Bonchev–Trinajstić information content (AvgIpc) is 3.10. The van der Waals surface area contributed by atoms with Crippen LogP contribution < -0.4 is 5.32 Å². The minimum atomic E-state index is 0.763. The molecule has 0 amide bonds. The number of aromatic nitrogens is 1. The highest BCUT2D eigenvalue weighted by Gasteiger charge is 2.19. The van der Waals surface area contributed by atoms with Gasteiger partial charge in [-0.25, -0.2) is 4.99 Å². The van der Waals surface area contributed by atoms with E-state index in [0.717, 1.165) is 52.2 Å². The molecule has 6 nitrogen and oxygen atoms in total. The molecule has 116 valence electrons. The van der Waals surface area contributed by atoms with Crippen LogP contribution >= 0.6 is 0 Å². The number of benzene rings is 1. The zero-order valence-electron chi connectivity index (χ0n) is 12.5. The number of nitrogens with one attached hydrogen (secondary N) is 1. The molecule has 0 saturated carbocycles. The van der Waals surface area contributed by atoms with E-state index in [9.17, 15) is 0 Å². The predicted octanol–water partition coefficient (Wildman–Crippen LogP) is 4.02. The molecule has 0 fully saturated rings. The lowest BCUT2D eigenvalue weighted by molar-refractivity contribution is -0.243. The number of rotatable bonds is 3. The summed E-state index contributed by atoms with van der Waals surface area (Å²) in [5.74, 6) is 0.824. The van der Waals surface area contributed by atoms with Crippen LogP contribution in [0.15, 0.2) is 46.2 Å². The Hall–Kier alpha value is -2.86. The third-order valence-electron chi connectivity index (χ3n) is 4.14. The van der Waals surface area contributed by atoms with Gasteiger partial charge in [-0.05, 0) is 48.7 Å². The molecule has 0 radical (unpaired) electrons. The summed E-state index contributed by atoms with van der Waals surface area (Å²) in [6, 6.07) is 8.00. The van der Waals surface area contributed by atoms with Gasteiger partial charge in [-0.15, -0.1) is 0 Å². The first-order chi connectivity index (χ1) is 11.3. The molecule has 0 unspecified atom stereocenters. The van der Waals surface area contributed by atoms with Crippen molar-refractivity contribution in [3.8, 4) is 0 Å². The second-order valence-electron chi connectivity index (χ2n) is 5.52. The number of oxime groups is 1. The predicted molar refractivity (Wildman–Crippen MR) is 87.0 cm³/mol. The largest absolute Gasteiger partial charge is 0.457 e. The smallest absolute Gasteiger partial charge is 0.154 e. The lowest BCUT2D eigenvalue weighted by Crippen LogP contribution is -1.97. The minimum Gasteiger partial charge on any atom is -0.457 e. The molecule has 2 aromatic heterocycles. The van der Waals surface area contributed by atoms with E-state index in [1.54, 1.807) is 12.4 Å². The van der Waals surface area contributed by atoms with Crippen LogP contribution in [0.4, 0.5) is 11.4 Å². The number of fused-ring (bicyclic) bond motifs is 2. The van der Waals surface area contributed by atoms with Crippen molar-refractivity contribution in [1.82, 2.24) is 4.98 Å². The van der Waals surface area contributed by atoms with Crippen molar-refractivity contribution in [2.75, 3.05) is 5.32 Å². The number of anilines is 2. The molecule has 2 N–H and O–H groups in total. The number of furan rings is 1. The summed E-state index contributed by atoms with van der Waals surface area (Å²) in [7, 11) is 0. The highest BCUT2D eigenvalue weighted by atomic mass is 17.2. The highest BCUT2D eigenvalue weighted by Crippen LogP contribution is 2.33. The lowest BCUT2D eigenvalue weighted by Gasteiger charge is -2.08. The Balaban J connectivity index is 1.70. The van der Waals surface area contributed by atoms with Crippen LogP contribution in [0.1, 0.15) is 23.3 Å². The molecule has 0 spiro atoms. The van der Waals surface area contributed by atoms with Gasteiger partial charge in [0.2, 0.25) is 0 Å². The van der Waals surface area contributed by atoms with Crippen molar-refractivity contribution in [3.05, 3.63) is 53.5 Å². The van der Waals surface area contributed by atoms with Gasteiger partial charge in [0.05, 0.1) is 17.6 Å². The number of nitrogens with zero attached hydrogens (tertiary/aromatic N) is 2. The van der Waals surface area contributed by atoms with Crippen LogP contribution in [-0.2, 0) is 11.4 Å². The summed E-state index contributed by atoms with van der Waals surface area (Å²) >= 11 is 0. The number of pyridine rings is 1. The Bertz CT molecular complexity index is 915. The second kappa shape index (κ2) is 5.40. The fourth-order valence-corrected chi connectivity index (χ4v) is 3.06. The van der Waals surface area contributed by atoms with Crippen molar-refractivity contribution in [2.45, 2.75) is 19.8 Å². The van der Waals surface area contributed by atoms with Crippen molar-refractivity contribution >= 4 is 28.1 Å². The summed E-state index contributed by atoms with van der Waals surface area (Å²) in [6.45, 7) is 1.93. The van der Waals surface area contributed by atoms with E-state index < -0.39 is 0 Å². The summed E-state index contributed by atoms with van der Waals surface area (Å²) in [5, 5.41) is 16.6. The average molecular weight is 309 g/mol. The van der Waals surface area contributed by atoms with Crippen LogP contribution in [-0.4, -0.2) is 16.0 Å². The van der Waals surface area contributed by atoms with Gasteiger partial charge < -0.3 is 9.73 Å². The van der Waals surface area contributed by atoms with Crippen LogP contribution in [0.25, 0.3) is 11.0 Å². The molecule has 1 aliphatic rings. The number of aryl methyl sites for hydroxylation is 2. The monoisotopic (exact) mass is 309 g/mol. The Labute approximate surface area is 132 Å². The van der Waals surface area contributed by atoms with Crippen LogP contribution in [0.5, 0.6) is 0 Å². The first-order valence-electron chi connectivity index (χ1n) is 7.37. The Morgan fingerprint density at radius 2 is 2.22 bits per heavy atom. The summed E-state index contributed by atoms with van der Waals surface area (Å²) < 4.78 is 5.72. The third-order valence-corrected chi connectivity index (χ3v) is 4.14. The molecule has 0 aliphatic heterocycles. The molecular formula is C17H15N3O3. The van der Waals surface area contributed by atoms with E-state index in [4.69, 9.17) is 9.67 Å². The first kappa shape index (κ1) is 13.8. The van der Waals surface area contributed by atoms with Gasteiger partial charge in [0.1, 0.15) is 5.76 Å². The van der Waals surface area contributed by atoms with E-state index in [1.165, 1.54) is 5.56 Å². The molecule has 0 bridgehead atoms. The van der Waals surface area contributed by atoms with Gasteiger partial charge in [-0.3, -0.25) is 4.98 Å². The SMILES string of the molecule is Cc1oc2cnccc2c1Nc1ccc2c(c1)CC/C2=N/OO. The van der Waals surface area contributed by atoms with Crippen molar-refractivity contribution in [1.29, 1.82) is 0 Å². The quantitative estimate of drug-likeness (QED) is 0.564. The van der Waals surface area contributed by atoms with Crippen molar-refractivity contribution < 1.29 is 14.7 Å². The molecular weight excluding hydrogens is 294 g/mol. The van der Waals surface area contributed by atoms with Gasteiger partial charge in [0.15, 0.2) is 5.58 Å². The van der Waals surface area contributed by atoms with Crippen molar-refractivity contribution in [2.24, 2.45) is 5.16 Å². The van der Waals surface area contributed by atoms with Gasteiger partial charge >= 0.3 is 0 Å². The van der Waals surface area contributed by atoms with E-state index >= 15 is 0 Å². The Kier molecular flexibility index (Phi) is 3.24.